The molecule has 2 saturated heterocycles. The molecule has 2 heterocycles. The molecule has 0 saturated carbocycles. The summed E-state index contributed by atoms with van der Waals surface area (Å²) in [4.78, 5) is 22.1. The van der Waals surface area contributed by atoms with Gasteiger partial charge in [-0.3, -0.25) is 4.79 Å². The molecule has 214 valence electrons. The number of benzene rings is 2. The maximum atomic E-state index is 11.2. The van der Waals surface area contributed by atoms with Crippen LogP contribution in [0, 0.1) is 0 Å². The molecule has 11 nitrogen and oxygen atoms in total. The molecule has 0 radical (unpaired) electrons. The van der Waals surface area contributed by atoms with Gasteiger partial charge < -0.3 is 47.3 Å². The summed E-state index contributed by atoms with van der Waals surface area (Å²) in [5, 5.41) is 14.1. The molecule has 0 bridgehead atoms. The van der Waals surface area contributed by atoms with Crippen LogP contribution in [0.4, 0.5) is 0 Å². The van der Waals surface area contributed by atoms with Crippen LogP contribution in [0.2, 0.25) is 0 Å². The first-order valence-electron chi connectivity index (χ1n) is 12.4. The molecule has 0 aliphatic carbocycles. The lowest BCUT2D eigenvalue weighted by atomic mass is 10.1. The zero-order valence-electron chi connectivity index (χ0n) is 22.4. The Morgan fingerprint density at radius 1 is 0.816 bits per heavy atom. The fraction of sp³-hybridized carbons (Fsp3) is 0.481. The Morgan fingerprint density at radius 2 is 1.16 bits per heavy atom. The normalized spacial score (nSPS) is 15.0. The van der Waals surface area contributed by atoms with Crippen molar-refractivity contribution in [3.05, 3.63) is 59.7 Å². The molecule has 1 amide bonds. The molecule has 38 heavy (non-hydrogen) atoms. The van der Waals surface area contributed by atoms with E-state index in [9.17, 15) is 9.59 Å². The number of piperidine rings is 2. The van der Waals surface area contributed by atoms with Gasteiger partial charge in [-0.25, -0.2) is 4.79 Å². The van der Waals surface area contributed by atoms with Crippen molar-refractivity contribution in [2.45, 2.75) is 44.8 Å². The third-order valence-electron chi connectivity index (χ3n) is 5.59. The summed E-state index contributed by atoms with van der Waals surface area (Å²) in [5.41, 5.74) is 6.22. The van der Waals surface area contributed by atoms with Crippen LogP contribution in [-0.2, 0) is 4.74 Å². The molecule has 0 aromatic heterocycles. The maximum absolute atomic E-state index is 11.2. The van der Waals surface area contributed by atoms with Crippen LogP contribution in [-0.4, -0.2) is 74.6 Å². The monoisotopic (exact) mass is 536 g/mol. The van der Waals surface area contributed by atoms with Gasteiger partial charge in [0.15, 0.2) is 0 Å². The Hall–Kier alpha value is -3.22. The highest BCUT2D eigenvalue weighted by molar-refractivity contribution is 5.92. The lowest BCUT2D eigenvalue weighted by Crippen LogP contribution is -2.34. The van der Waals surface area contributed by atoms with E-state index in [0.717, 1.165) is 63.4 Å². The minimum absolute atomic E-state index is 0. The maximum Gasteiger partial charge on any atom is 0.337 e. The second-order valence-electron chi connectivity index (χ2n) is 8.36. The van der Waals surface area contributed by atoms with Crippen LogP contribution in [0.1, 0.15) is 53.3 Å². The van der Waals surface area contributed by atoms with Gasteiger partial charge in [-0.2, -0.15) is 0 Å². The largest absolute Gasteiger partial charge is 0.490 e. The average Bonchev–Trinajstić information content (AvgIpc) is 2.91. The first-order valence-corrected chi connectivity index (χ1v) is 12.4. The number of rotatable bonds is 6. The molecule has 0 atom stereocenters. The molecule has 0 spiro atoms. The highest BCUT2D eigenvalue weighted by Gasteiger charge is 2.15. The van der Waals surface area contributed by atoms with Gasteiger partial charge in [-0.1, -0.05) is 0 Å². The highest BCUT2D eigenvalue weighted by Crippen LogP contribution is 2.18. The van der Waals surface area contributed by atoms with Crippen molar-refractivity contribution in [2.24, 2.45) is 5.73 Å². The van der Waals surface area contributed by atoms with E-state index in [1.165, 1.54) is 7.11 Å². The number of aliphatic hydroxyl groups excluding tert-OH is 1. The van der Waals surface area contributed by atoms with E-state index in [2.05, 4.69) is 15.4 Å². The van der Waals surface area contributed by atoms with E-state index in [1.807, 2.05) is 12.1 Å². The van der Waals surface area contributed by atoms with E-state index in [1.54, 1.807) is 43.3 Å². The number of hydrogen-bond acceptors (Lipinski definition) is 9. The molecule has 2 aliphatic heterocycles. The molecular formula is C27H44N4O7. The van der Waals surface area contributed by atoms with Gasteiger partial charge >= 0.3 is 5.97 Å². The summed E-state index contributed by atoms with van der Waals surface area (Å²) in [6, 6.07) is 14.1. The Balaban J connectivity index is 0.000000624. The Kier molecular flexibility index (Phi) is 18.2. The predicted molar refractivity (Wildman–Crippen MR) is 147 cm³/mol. The number of methoxy groups -OCH3 is 1. The van der Waals surface area contributed by atoms with Gasteiger partial charge in [-0.15, -0.1) is 0 Å². The van der Waals surface area contributed by atoms with Crippen molar-refractivity contribution < 1.29 is 34.4 Å². The number of amides is 1. The smallest absolute Gasteiger partial charge is 0.337 e. The number of nitrogens with one attached hydrogen (secondary N) is 2. The number of primary amides is 1. The lowest BCUT2D eigenvalue weighted by Gasteiger charge is -2.23. The lowest BCUT2D eigenvalue weighted by molar-refractivity contribution is 0.0600. The van der Waals surface area contributed by atoms with Crippen LogP contribution in [0.15, 0.2) is 48.5 Å². The number of hydrogen-bond donors (Lipinski definition) is 5. The summed E-state index contributed by atoms with van der Waals surface area (Å²) >= 11 is 0. The quantitative estimate of drug-likeness (QED) is 0.342. The molecule has 2 fully saturated rings. The standard InChI is InChI=1S/C13H17NO3.C12H16N2O2.C2H6O.H3N.H2O/c1-16-13(15)10-2-4-11(5-3-10)17-12-6-8-14-9-7-12;13-12(15)9-1-3-10(4-2-9)16-11-5-7-14-8-6-11;1-2-3;;/h2-5,12,14H,6-9H2,1H3;1-4,11,14H,5-8H2,(H2,13,15);3H,2H2,1H3;1H3;1H2. The van der Waals surface area contributed by atoms with Crippen molar-refractivity contribution in [3.63, 3.8) is 0 Å². The Labute approximate surface area is 224 Å². The minimum Gasteiger partial charge on any atom is -0.490 e. The summed E-state index contributed by atoms with van der Waals surface area (Å²) in [6.07, 6.45) is 4.66. The molecule has 2 aliphatic rings. The van der Waals surface area contributed by atoms with E-state index in [4.69, 9.17) is 20.3 Å². The summed E-state index contributed by atoms with van der Waals surface area (Å²) in [6.45, 7) is 5.95. The van der Waals surface area contributed by atoms with E-state index in [-0.39, 0.29) is 36.4 Å². The molecule has 4 rings (SSSR count). The highest BCUT2D eigenvalue weighted by atomic mass is 16.5. The fourth-order valence-electron chi connectivity index (χ4n) is 3.70. The van der Waals surface area contributed by atoms with E-state index >= 15 is 0 Å². The van der Waals surface area contributed by atoms with Crippen LogP contribution in [0.25, 0.3) is 0 Å². The van der Waals surface area contributed by atoms with Gasteiger partial charge in [0.2, 0.25) is 5.91 Å². The zero-order valence-corrected chi connectivity index (χ0v) is 22.4. The zero-order chi connectivity index (χ0) is 26.2. The number of nitrogens with two attached hydrogens (primary N) is 1. The Bertz CT molecular complexity index is 899. The first-order chi connectivity index (χ1) is 17.5. The fourth-order valence-corrected chi connectivity index (χ4v) is 3.70. The van der Waals surface area contributed by atoms with Gasteiger partial charge in [-0.05, 0) is 107 Å². The van der Waals surface area contributed by atoms with Crippen LogP contribution < -0.4 is 32.0 Å². The van der Waals surface area contributed by atoms with E-state index in [0.29, 0.717) is 11.1 Å². The number of esters is 1. The minimum atomic E-state index is -0.409. The summed E-state index contributed by atoms with van der Waals surface area (Å²) in [5.74, 6) is 0.883. The van der Waals surface area contributed by atoms with Crippen molar-refractivity contribution in [1.82, 2.24) is 16.8 Å². The van der Waals surface area contributed by atoms with Crippen molar-refractivity contribution in [1.29, 1.82) is 0 Å². The second-order valence-corrected chi connectivity index (χ2v) is 8.36. The van der Waals surface area contributed by atoms with Crippen molar-refractivity contribution in [2.75, 3.05) is 39.9 Å². The third kappa shape index (κ3) is 12.8. The van der Waals surface area contributed by atoms with Gasteiger partial charge in [0, 0.05) is 12.2 Å². The Morgan fingerprint density at radius 3 is 1.47 bits per heavy atom. The predicted octanol–water partition coefficient (Wildman–Crippen LogP) is 1.86. The van der Waals surface area contributed by atoms with Gasteiger partial charge in [0.1, 0.15) is 23.7 Å². The molecule has 2 aromatic rings. The van der Waals surface area contributed by atoms with Gasteiger partial charge in [0.25, 0.3) is 0 Å². The average molecular weight is 537 g/mol. The number of carbonyl (C=O) groups is 2. The van der Waals surface area contributed by atoms with Crippen LogP contribution >= 0.6 is 0 Å². The third-order valence-corrected chi connectivity index (χ3v) is 5.59. The SMILES string of the molecule is CCO.COC(=O)c1ccc(OC2CCNCC2)cc1.N.NC(=O)c1ccc(OC2CCNCC2)cc1.O. The second kappa shape index (κ2) is 19.8. The summed E-state index contributed by atoms with van der Waals surface area (Å²) < 4.78 is 16.3. The molecule has 0 unspecified atom stereocenters. The first kappa shape index (κ1) is 34.8. The molecule has 10 N–H and O–H groups in total. The number of carbonyl (C=O) groups excluding carboxylic acids is 2. The topological polar surface area (TPSA) is 199 Å². The number of ether oxygens (including phenoxy) is 3. The van der Waals surface area contributed by atoms with E-state index < -0.39 is 5.91 Å². The molecule has 11 heteroatoms. The van der Waals surface area contributed by atoms with Crippen molar-refractivity contribution in [3.8, 4) is 11.5 Å². The van der Waals surface area contributed by atoms with Crippen molar-refractivity contribution >= 4 is 11.9 Å². The number of aliphatic hydroxyl groups is 1. The summed E-state index contributed by atoms with van der Waals surface area (Å²) in [7, 11) is 1.38. The van der Waals surface area contributed by atoms with Crippen LogP contribution in [0.5, 0.6) is 11.5 Å². The molecular weight excluding hydrogens is 492 g/mol. The van der Waals surface area contributed by atoms with Crippen LogP contribution in [0.3, 0.4) is 0 Å². The van der Waals surface area contributed by atoms with Gasteiger partial charge in [0.05, 0.1) is 12.7 Å². The molecule has 2 aromatic carbocycles.